The summed E-state index contributed by atoms with van der Waals surface area (Å²) < 4.78 is 28.4. The predicted octanol–water partition coefficient (Wildman–Crippen LogP) is 4.31. The third kappa shape index (κ3) is 2.97. The van der Waals surface area contributed by atoms with Crippen molar-refractivity contribution in [3.05, 3.63) is 29.1 Å². The van der Waals surface area contributed by atoms with E-state index in [1.165, 1.54) is 15.6 Å². The van der Waals surface area contributed by atoms with Gasteiger partial charge in [0.1, 0.15) is 4.90 Å². The molecule has 2 rings (SSSR count). The Bertz CT molecular complexity index is 737. The highest BCUT2D eigenvalue weighted by Crippen LogP contribution is 2.37. The molecule has 21 heavy (non-hydrogen) atoms. The highest BCUT2D eigenvalue weighted by molar-refractivity contribution is 7.89. The summed E-state index contributed by atoms with van der Waals surface area (Å²) in [5, 5.41) is 0.765. The van der Waals surface area contributed by atoms with Gasteiger partial charge in [-0.15, -0.1) is 22.9 Å². The lowest BCUT2D eigenvalue weighted by molar-refractivity contribution is 0.316. The van der Waals surface area contributed by atoms with E-state index in [0.29, 0.717) is 9.77 Å². The molecule has 1 unspecified atom stereocenters. The molecule has 6 heteroatoms. The standard InChI is InChI=1S/C15H20ClNO2S2/c1-10(2)11(3)17(4)21(18,19)15-12-7-5-6-8-13(12)20-14(15)9-16/h5-8,10-11H,9H2,1-4H3. The molecule has 1 heterocycles. The van der Waals surface area contributed by atoms with E-state index in [1.54, 1.807) is 7.05 Å². The Hall–Kier alpha value is -0.620. The average molecular weight is 346 g/mol. The van der Waals surface area contributed by atoms with E-state index in [0.717, 1.165) is 10.1 Å². The van der Waals surface area contributed by atoms with E-state index in [4.69, 9.17) is 11.6 Å². The molecule has 0 amide bonds. The van der Waals surface area contributed by atoms with Crippen molar-refractivity contribution >= 4 is 43.0 Å². The fraction of sp³-hybridized carbons (Fsp3) is 0.467. The van der Waals surface area contributed by atoms with Crippen LogP contribution in [0, 0.1) is 5.92 Å². The molecule has 0 saturated carbocycles. The summed E-state index contributed by atoms with van der Waals surface area (Å²) in [5.41, 5.74) is 0. The third-order valence-corrected chi connectivity index (χ3v) is 7.71. The van der Waals surface area contributed by atoms with E-state index in [9.17, 15) is 8.42 Å². The Kier molecular flexibility index (Phi) is 4.98. The van der Waals surface area contributed by atoms with Gasteiger partial charge >= 0.3 is 0 Å². The molecule has 0 fully saturated rings. The molecule has 3 nitrogen and oxygen atoms in total. The van der Waals surface area contributed by atoms with Gasteiger partial charge in [-0.05, 0) is 18.9 Å². The molecule has 1 aromatic heterocycles. The van der Waals surface area contributed by atoms with Gasteiger partial charge in [-0.1, -0.05) is 32.0 Å². The lowest BCUT2D eigenvalue weighted by Crippen LogP contribution is -2.38. The van der Waals surface area contributed by atoms with Crippen LogP contribution in [0.1, 0.15) is 25.6 Å². The third-order valence-electron chi connectivity index (χ3n) is 3.91. The maximum Gasteiger partial charge on any atom is 0.244 e. The van der Waals surface area contributed by atoms with E-state index in [-0.39, 0.29) is 17.8 Å². The number of thiophene rings is 1. The van der Waals surface area contributed by atoms with Gasteiger partial charge in [0.2, 0.25) is 10.0 Å². The van der Waals surface area contributed by atoms with Crippen LogP contribution in [0.15, 0.2) is 29.2 Å². The Labute approximate surface area is 135 Å². The lowest BCUT2D eigenvalue weighted by Gasteiger charge is -2.27. The van der Waals surface area contributed by atoms with Crippen molar-refractivity contribution < 1.29 is 8.42 Å². The first-order chi connectivity index (χ1) is 9.80. The molecule has 0 saturated heterocycles. The maximum absolute atomic E-state index is 13.0. The van der Waals surface area contributed by atoms with Crippen LogP contribution in [0.2, 0.25) is 0 Å². The number of benzene rings is 1. The van der Waals surface area contributed by atoms with Crippen LogP contribution in [-0.4, -0.2) is 25.8 Å². The van der Waals surface area contributed by atoms with Crippen molar-refractivity contribution in [3.63, 3.8) is 0 Å². The number of hydrogen-bond donors (Lipinski definition) is 0. The van der Waals surface area contributed by atoms with E-state index in [2.05, 4.69) is 0 Å². The quantitative estimate of drug-likeness (QED) is 0.757. The first-order valence-corrected chi connectivity index (χ1v) is 9.64. The van der Waals surface area contributed by atoms with Crippen molar-refractivity contribution in [2.24, 2.45) is 5.92 Å². The predicted molar refractivity (Wildman–Crippen MR) is 90.6 cm³/mol. The number of fused-ring (bicyclic) bond motifs is 1. The molecule has 116 valence electrons. The summed E-state index contributed by atoms with van der Waals surface area (Å²) >= 11 is 7.43. The zero-order valence-corrected chi connectivity index (χ0v) is 15.0. The summed E-state index contributed by atoms with van der Waals surface area (Å²) in [5.74, 6) is 0.451. The molecular weight excluding hydrogens is 326 g/mol. The van der Waals surface area contributed by atoms with E-state index in [1.807, 2.05) is 45.0 Å². The number of rotatable bonds is 5. The van der Waals surface area contributed by atoms with Gasteiger partial charge in [0.05, 0.1) is 5.88 Å². The van der Waals surface area contributed by atoms with Gasteiger partial charge in [0, 0.05) is 28.1 Å². The second kappa shape index (κ2) is 6.24. The molecule has 0 radical (unpaired) electrons. The average Bonchev–Trinajstić information content (AvgIpc) is 2.84. The molecule has 1 aromatic carbocycles. The normalized spacial score (nSPS) is 14.2. The smallest absolute Gasteiger partial charge is 0.207 e. The Morgan fingerprint density at radius 2 is 1.86 bits per heavy atom. The molecular formula is C15H20ClNO2S2. The minimum atomic E-state index is -3.55. The second-order valence-electron chi connectivity index (χ2n) is 5.49. The van der Waals surface area contributed by atoms with Crippen LogP contribution in [0.25, 0.3) is 10.1 Å². The van der Waals surface area contributed by atoms with Gasteiger partial charge < -0.3 is 0 Å². The minimum absolute atomic E-state index is 0.0724. The number of hydrogen-bond acceptors (Lipinski definition) is 3. The number of alkyl halides is 1. The Balaban J connectivity index is 2.64. The molecule has 0 aliphatic carbocycles. The molecule has 0 aliphatic rings. The number of sulfonamides is 1. The molecule has 0 N–H and O–H groups in total. The van der Waals surface area contributed by atoms with Crippen LogP contribution in [0.3, 0.4) is 0 Å². The highest BCUT2D eigenvalue weighted by Gasteiger charge is 2.31. The topological polar surface area (TPSA) is 37.4 Å². The van der Waals surface area contributed by atoms with Crippen molar-refractivity contribution in [2.75, 3.05) is 7.05 Å². The first-order valence-electron chi connectivity index (χ1n) is 6.85. The maximum atomic E-state index is 13.0. The van der Waals surface area contributed by atoms with Gasteiger partial charge in [-0.3, -0.25) is 0 Å². The van der Waals surface area contributed by atoms with Crippen LogP contribution in [0.5, 0.6) is 0 Å². The molecule has 0 spiro atoms. The first kappa shape index (κ1) is 16.7. The van der Waals surface area contributed by atoms with Crippen LogP contribution < -0.4 is 0 Å². The zero-order chi connectivity index (χ0) is 15.8. The zero-order valence-electron chi connectivity index (χ0n) is 12.6. The van der Waals surface area contributed by atoms with Crippen molar-refractivity contribution in [3.8, 4) is 0 Å². The van der Waals surface area contributed by atoms with Gasteiger partial charge in [-0.2, -0.15) is 4.31 Å². The van der Waals surface area contributed by atoms with Gasteiger partial charge in [0.25, 0.3) is 0 Å². The summed E-state index contributed by atoms with van der Waals surface area (Å²) in [7, 11) is -1.91. The summed E-state index contributed by atoms with van der Waals surface area (Å²) in [6, 6.07) is 7.48. The van der Waals surface area contributed by atoms with Crippen molar-refractivity contribution in [1.82, 2.24) is 4.31 Å². The van der Waals surface area contributed by atoms with Crippen molar-refractivity contribution in [1.29, 1.82) is 0 Å². The highest BCUT2D eigenvalue weighted by atomic mass is 35.5. The largest absolute Gasteiger partial charge is 0.244 e. The van der Waals surface area contributed by atoms with Gasteiger partial charge in [0.15, 0.2) is 0 Å². The van der Waals surface area contributed by atoms with Crippen LogP contribution in [-0.2, 0) is 15.9 Å². The monoisotopic (exact) mass is 345 g/mol. The number of halogens is 1. The number of nitrogens with zero attached hydrogens (tertiary/aromatic N) is 1. The van der Waals surface area contributed by atoms with Crippen LogP contribution >= 0.6 is 22.9 Å². The van der Waals surface area contributed by atoms with Gasteiger partial charge in [-0.25, -0.2) is 8.42 Å². The molecule has 0 bridgehead atoms. The molecule has 1 atom stereocenters. The molecule has 0 aliphatic heterocycles. The van der Waals surface area contributed by atoms with E-state index < -0.39 is 10.0 Å². The Morgan fingerprint density at radius 3 is 2.43 bits per heavy atom. The fourth-order valence-corrected chi connectivity index (χ4v) is 5.84. The SMILES string of the molecule is CC(C)C(C)N(C)S(=O)(=O)c1c(CCl)sc2ccccc12. The summed E-state index contributed by atoms with van der Waals surface area (Å²) in [6.07, 6.45) is 0. The summed E-state index contributed by atoms with van der Waals surface area (Å²) in [4.78, 5) is 1.08. The summed E-state index contributed by atoms with van der Waals surface area (Å²) in [6.45, 7) is 5.97. The van der Waals surface area contributed by atoms with Crippen LogP contribution in [0.4, 0.5) is 0 Å². The minimum Gasteiger partial charge on any atom is -0.207 e. The molecule has 2 aromatic rings. The Morgan fingerprint density at radius 1 is 1.24 bits per heavy atom. The lowest BCUT2D eigenvalue weighted by atomic mass is 10.1. The van der Waals surface area contributed by atoms with Crippen molar-refractivity contribution in [2.45, 2.75) is 37.6 Å². The second-order valence-corrected chi connectivity index (χ2v) is 8.83. The van der Waals surface area contributed by atoms with E-state index >= 15 is 0 Å². The fourth-order valence-electron chi connectivity index (χ4n) is 2.23.